The minimum Gasteiger partial charge on any atom is -0.286 e. The topological polar surface area (TPSA) is 57.4 Å². The second-order valence-corrected chi connectivity index (χ2v) is 3.36. The van der Waals surface area contributed by atoms with Gasteiger partial charge in [-0.2, -0.15) is 0 Å². The Morgan fingerprint density at radius 1 is 1.14 bits per heavy atom. The number of nitrogens with one attached hydrogen (secondary N) is 2. The molecular weight excluding hydrogens is 196 g/mol. The van der Waals surface area contributed by atoms with Crippen molar-refractivity contribution in [1.29, 1.82) is 0 Å². The highest BCUT2D eigenvalue weighted by Gasteiger charge is 1.97. The molecule has 2 aromatic rings. The predicted molar refractivity (Wildman–Crippen MR) is 55.4 cm³/mol. The summed E-state index contributed by atoms with van der Waals surface area (Å²) in [4.78, 5) is 8.07. The molecule has 0 aliphatic heterocycles. The van der Waals surface area contributed by atoms with Crippen molar-refractivity contribution in [2.45, 2.75) is 12.8 Å². The number of hydrogen-bond donors (Lipinski definition) is 2. The van der Waals surface area contributed by atoms with Gasteiger partial charge in [0.15, 0.2) is 0 Å². The van der Waals surface area contributed by atoms with Crippen molar-refractivity contribution in [2.24, 2.45) is 0 Å². The van der Waals surface area contributed by atoms with Crippen LogP contribution in [-0.4, -0.2) is 20.2 Å². The predicted octanol–water partition coefficient (Wildman–Crippen LogP) is 1.65. The second-order valence-electron chi connectivity index (χ2n) is 2.97. The van der Waals surface area contributed by atoms with E-state index in [1.165, 1.54) is 5.56 Å². The van der Waals surface area contributed by atoms with Gasteiger partial charge in [-0.15, -0.1) is 0 Å². The van der Waals surface area contributed by atoms with Crippen LogP contribution in [0.15, 0.2) is 24.5 Å². The maximum Gasteiger partial charge on any atom is 0.213 e. The molecule has 2 aromatic heterocycles. The Labute approximate surface area is 86.4 Å². The number of rotatable bonds is 3. The maximum absolute atomic E-state index is 4.86. The molecule has 0 saturated heterocycles. The van der Waals surface area contributed by atoms with E-state index < -0.39 is 0 Å². The first-order valence-electron chi connectivity index (χ1n) is 4.37. The van der Waals surface area contributed by atoms with Gasteiger partial charge in [0.2, 0.25) is 4.77 Å². The Bertz CT molecular complexity index is 445. The van der Waals surface area contributed by atoms with Crippen LogP contribution in [0.1, 0.15) is 11.4 Å². The molecule has 0 unspecified atom stereocenters. The third-order valence-electron chi connectivity index (χ3n) is 1.95. The van der Waals surface area contributed by atoms with Crippen LogP contribution in [0.3, 0.4) is 0 Å². The van der Waals surface area contributed by atoms with Crippen LogP contribution in [0.25, 0.3) is 0 Å². The summed E-state index contributed by atoms with van der Waals surface area (Å²) in [6.45, 7) is 0. The first-order chi connectivity index (χ1) is 6.84. The van der Waals surface area contributed by atoms with Gasteiger partial charge < -0.3 is 0 Å². The van der Waals surface area contributed by atoms with Crippen LogP contribution in [0, 0.1) is 4.77 Å². The van der Waals surface area contributed by atoms with Crippen LogP contribution in [0.2, 0.25) is 0 Å². The molecule has 0 aliphatic rings. The summed E-state index contributed by atoms with van der Waals surface area (Å²) >= 11 is 4.86. The number of aromatic amines is 2. The van der Waals surface area contributed by atoms with Crippen molar-refractivity contribution in [3.63, 3.8) is 0 Å². The molecule has 0 aromatic carbocycles. The van der Waals surface area contributed by atoms with Crippen LogP contribution >= 0.6 is 12.2 Å². The van der Waals surface area contributed by atoms with E-state index >= 15 is 0 Å². The van der Waals surface area contributed by atoms with Gasteiger partial charge in [-0.3, -0.25) is 15.2 Å². The molecule has 0 fully saturated rings. The number of hydrogen-bond acceptors (Lipinski definition) is 3. The summed E-state index contributed by atoms with van der Waals surface area (Å²) < 4.78 is 0.509. The van der Waals surface area contributed by atoms with E-state index in [9.17, 15) is 0 Å². The Morgan fingerprint density at radius 3 is 2.57 bits per heavy atom. The molecule has 0 saturated carbocycles. The number of pyridine rings is 1. The molecule has 0 atom stereocenters. The van der Waals surface area contributed by atoms with Crippen molar-refractivity contribution >= 4 is 12.2 Å². The zero-order valence-corrected chi connectivity index (χ0v) is 8.34. The molecule has 2 rings (SSSR count). The molecule has 5 heteroatoms. The molecule has 14 heavy (non-hydrogen) atoms. The average molecular weight is 206 g/mol. The standard InChI is InChI=1S/C9H10N4S/c14-9-11-8(12-13-9)2-1-7-3-5-10-6-4-7/h3-6H,1-2H2,(H2,11,12,13,14). The highest BCUT2D eigenvalue weighted by molar-refractivity contribution is 7.71. The minimum atomic E-state index is 0.509. The molecule has 0 amide bonds. The molecule has 0 aliphatic carbocycles. The Kier molecular flexibility index (Phi) is 2.69. The first-order valence-corrected chi connectivity index (χ1v) is 4.78. The largest absolute Gasteiger partial charge is 0.286 e. The van der Waals surface area contributed by atoms with Gasteiger partial charge in [0.25, 0.3) is 0 Å². The highest BCUT2D eigenvalue weighted by Crippen LogP contribution is 2.01. The molecular formula is C9H10N4S. The molecule has 2 heterocycles. The first kappa shape index (κ1) is 9.08. The number of aromatic nitrogens is 4. The second kappa shape index (κ2) is 4.15. The SMILES string of the molecule is S=c1nc(CCc2ccncc2)[nH][nH]1. The van der Waals surface area contributed by atoms with Gasteiger partial charge in [0.1, 0.15) is 5.82 Å². The third-order valence-corrected chi connectivity index (χ3v) is 2.14. The molecule has 0 spiro atoms. The smallest absolute Gasteiger partial charge is 0.213 e. The van der Waals surface area contributed by atoms with E-state index in [0.717, 1.165) is 18.7 Å². The number of nitrogens with zero attached hydrogens (tertiary/aromatic N) is 2. The molecule has 0 bridgehead atoms. The van der Waals surface area contributed by atoms with Gasteiger partial charge in [0.05, 0.1) is 0 Å². The summed E-state index contributed by atoms with van der Waals surface area (Å²) in [5.41, 5.74) is 1.25. The van der Waals surface area contributed by atoms with Gasteiger partial charge in [0, 0.05) is 18.8 Å². The molecule has 72 valence electrons. The van der Waals surface area contributed by atoms with Gasteiger partial charge >= 0.3 is 0 Å². The quantitative estimate of drug-likeness (QED) is 0.751. The van der Waals surface area contributed by atoms with Crippen molar-refractivity contribution in [3.05, 3.63) is 40.7 Å². The van der Waals surface area contributed by atoms with Gasteiger partial charge in [-0.25, -0.2) is 4.98 Å². The van der Waals surface area contributed by atoms with E-state index in [0.29, 0.717) is 4.77 Å². The molecule has 0 radical (unpaired) electrons. The van der Waals surface area contributed by atoms with Crippen molar-refractivity contribution in [3.8, 4) is 0 Å². The maximum atomic E-state index is 4.86. The van der Waals surface area contributed by atoms with Crippen LogP contribution in [-0.2, 0) is 12.8 Å². The fourth-order valence-electron chi connectivity index (χ4n) is 1.23. The number of H-pyrrole nitrogens is 2. The Balaban J connectivity index is 1.98. The highest BCUT2D eigenvalue weighted by atomic mass is 32.1. The molecule has 2 N–H and O–H groups in total. The van der Waals surface area contributed by atoms with Gasteiger partial charge in [-0.1, -0.05) is 0 Å². The van der Waals surface area contributed by atoms with E-state index in [1.807, 2.05) is 12.1 Å². The summed E-state index contributed by atoms with van der Waals surface area (Å²) in [6.07, 6.45) is 5.39. The zero-order chi connectivity index (χ0) is 9.80. The van der Waals surface area contributed by atoms with E-state index in [2.05, 4.69) is 20.2 Å². The van der Waals surface area contributed by atoms with Crippen molar-refractivity contribution < 1.29 is 0 Å². The summed E-state index contributed by atoms with van der Waals surface area (Å²) in [5.74, 6) is 0.895. The zero-order valence-electron chi connectivity index (χ0n) is 7.53. The summed E-state index contributed by atoms with van der Waals surface area (Å²) in [7, 11) is 0. The van der Waals surface area contributed by atoms with Crippen LogP contribution in [0.4, 0.5) is 0 Å². The normalized spacial score (nSPS) is 10.3. The fraction of sp³-hybridized carbons (Fsp3) is 0.222. The third kappa shape index (κ3) is 2.26. The van der Waals surface area contributed by atoms with Crippen LogP contribution in [0.5, 0.6) is 0 Å². The van der Waals surface area contributed by atoms with Gasteiger partial charge in [-0.05, 0) is 36.3 Å². The lowest BCUT2D eigenvalue weighted by Gasteiger charge is -1.96. The lowest BCUT2D eigenvalue weighted by Crippen LogP contribution is -1.93. The number of aryl methyl sites for hydroxylation is 2. The van der Waals surface area contributed by atoms with E-state index in [4.69, 9.17) is 12.2 Å². The van der Waals surface area contributed by atoms with Crippen molar-refractivity contribution in [1.82, 2.24) is 20.2 Å². The lowest BCUT2D eigenvalue weighted by molar-refractivity contribution is 0.863. The molecule has 4 nitrogen and oxygen atoms in total. The minimum absolute atomic E-state index is 0.509. The average Bonchev–Trinajstić information content (AvgIpc) is 2.63. The summed E-state index contributed by atoms with van der Waals surface area (Å²) in [6, 6.07) is 4.00. The van der Waals surface area contributed by atoms with E-state index in [-0.39, 0.29) is 0 Å². The monoisotopic (exact) mass is 206 g/mol. The fourth-order valence-corrected chi connectivity index (χ4v) is 1.40. The van der Waals surface area contributed by atoms with E-state index in [1.54, 1.807) is 12.4 Å². The van der Waals surface area contributed by atoms with Crippen molar-refractivity contribution in [2.75, 3.05) is 0 Å². The summed E-state index contributed by atoms with van der Waals surface area (Å²) in [5, 5.41) is 5.69. The Morgan fingerprint density at radius 2 is 1.93 bits per heavy atom. The lowest BCUT2D eigenvalue weighted by atomic mass is 10.1. The van der Waals surface area contributed by atoms with Crippen LogP contribution < -0.4 is 0 Å². The Hall–Kier alpha value is -1.49.